The zero-order valence-corrected chi connectivity index (χ0v) is 9.08. The molecule has 0 saturated heterocycles. The average Bonchev–Trinajstić information content (AvgIpc) is 2.06. The van der Waals surface area contributed by atoms with Crippen molar-refractivity contribution >= 4 is 15.9 Å². The number of likely N-dealkylation sites (N-methyl/N-ethyl adjacent to an activating group) is 1. The molecular weight excluding hydrogens is 214 g/mol. The van der Waals surface area contributed by atoms with Gasteiger partial charge in [0.15, 0.2) is 0 Å². The second kappa shape index (κ2) is 4.63. The van der Waals surface area contributed by atoms with Gasteiger partial charge < -0.3 is 0 Å². The molecule has 0 fully saturated rings. The van der Waals surface area contributed by atoms with Crippen molar-refractivity contribution in [3.8, 4) is 0 Å². The van der Waals surface area contributed by atoms with Crippen LogP contribution in [0.5, 0.6) is 0 Å². The molecule has 1 aromatic carbocycles. The van der Waals surface area contributed by atoms with Gasteiger partial charge >= 0.3 is 0 Å². The number of hydrogen-bond donors (Lipinski definition) is 0. The highest BCUT2D eigenvalue weighted by Gasteiger charge is 2.06. The third kappa shape index (κ3) is 2.95. The summed E-state index contributed by atoms with van der Waals surface area (Å²) in [6.07, 6.45) is 1.05. The zero-order valence-electron chi connectivity index (χ0n) is 7.50. The molecule has 12 heavy (non-hydrogen) atoms. The Kier molecular flexibility index (Phi) is 3.76. The van der Waals surface area contributed by atoms with E-state index in [1.807, 2.05) is 6.07 Å². The van der Waals surface area contributed by atoms with Crippen LogP contribution in [-0.4, -0.2) is 23.9 Å². The Balaban J connectivity index is 2.53. The topological polar surface area (TPSA) is 3.24 Å². The molecule has 1 rings (SSSR count). The van der Waals surface area contributed by atoms with Crippen LogP contribution >= 0.6 is 15.9 Å². The zero-order chi connectivity index (χ0) is 8.97. The first-order valence-corrected chi connectivity index (χ1v) is 4.96. The molecule has 0 aromatic heterocycles. The van der Waals surface area contributed by atoms with E-state index in [2.05, 4.69) is 59.2 Å². The van der Waals surface area contributed by atoms with Gasteiger partial charge in [-0.05, 0) is 26.1 Å². The first-order chi connectivity index (χ1) is 5.70. The van der Waals surface area contributed by atoms with Gasteiger partial charge in [0.1, 0.15) is 0 Å². The van der Waals surface area contributed by atoms with Gasteiger partial charge in [0, 0.05) is 0 Å². The maximum absolute atomic E-state index is 3.60. The predicted octanol–water partition coefficient (Wildman–Crippen LogP) is 2.51. The minimum atomic E-state index is 0.430. The molecular formula is C10H14BrN. The smallest absolute Gasteiger partial charge is 0.0691 e. The Bertz CT molecular complexity index is 221. The van der Waals surface area contributed by atoms with Crippen molar-refractivity contribution < 1.29 is 0 Å². The summed E-state index contributed by atoms with van der Waals surface area (Å²) in [5, 5.41) is 0. The van der Waals surface area contributed by atoms with Gasteiger partial charge in [0.05, 0.1) is 4.95 Å². The lowest BCUT2D eigenvalue weighted by Crippen LogP contribution is -2.23. The van der Waals surface area contributed by atoms with Crippen LogP contribution in [0.15, 0.2) is 30.3 Å². The summed E-state index contributed by atoms with van der Waals surface area (Å²) in [6, 6.07) is 10.5. The van der Waals surface area contributed by atoms with E-state index in [-0.39, 0.29) is 0 Å². The number of nitrogens with zero attached hydrogens (tertiary/aromatic N) is 1. The van der Waals surface area contributed by atoms with Crippen molar-refractivity contribution in [3.63, 3.8) is 0 Å². The Morgan fingerprint density at radius 1 is 1.25 bits per heavy atom. The molecule has 2 heteroatoms. The normalized spacial score (nSPS) is 13.3. The van der Waals surface area contributed by atoms with Crippen LogP contribution in [0.2, 0.25) is 0 Å². The largest absolute Gasteiger partial charge is 0.297 e. The van der Waals surface area contributed by atoms with Crippen molar-refractivity contribution in [2.45, 2.75) is 11.4 Å². The standard InChI is InChI=1S/C10H14BrN/c1-12(2)10(11)8-9-6-4-3-5-7-9/h3-7,10H,8H2,1-2H3. The van der Waals surface area contributed by atoms with E-state index < -0.39 is 0 Å². The SMILES string of the molecule is CN(C)C(Br)Cc1ccccc1. The Morgan fingerprint density at radius 3 is 2.33 bits per heavy atom. The minimum absolute atomic E-state index is 0.430. The van der Waals surface area contributed by atoms with Crippen molar-refractivity contribution in [3.05, 3.63) is 35.9 Å². The van der Waals surface area contributed by atoms with E-state index >= 15 is 0 Å². The average molecular weight is 228 g/mol. The molecule has 1 atom stereocenters. The van der Waals surface area contributed by atoms with Crippen LogP contribution in [0.25, 0.3) is 0 Å². The summed E-state index contributed by atoms with van der Waals surface area (Å²) >= 11 is 3.60. The van der Waals surface area contributed by atoms with Crippen LogP contribution in [0.1, 0.15) is 5.56 Å². The van der Waals surface area contributed by atoms with Gasteiger partial charge in [0.2, 0.25) is 0 Å². The lowest BCUT2D eigenvalue weighted by Gasteiger charge is -2.17. The van der Waals surface area contributed by atoms with E-state index in [1.54, 1.807) is 0 Å². The van der Waals surface area contributed by atoms with Gasteiger partial charge in [0.25, 0.3) is 0 Å². The summed E-state index contributed by atoms with van der Waals surface area (Å²) < 4.78 is 0. The van der Waals surface area contributed by atoms with Gasteiger partial charge in [-0.1, -0.05) is 46.3 Å². The summed E-state index contributed by atoms with van der Waals surface area (Å²) in [5.41, 5.74) is 1.37. The molecule has 0 amide bonds. The van der Waals surface area contributed by atoms with Crippen molar-refractivity contribution in [1.82, 2.24) is 4.90 Å². The van der Waals surface area contributed by atoms with E-state index in [0.717, 1.165) is 6.42 Å². The Labute approximate surface area is 82.5 Å². The predicted molar refractivity (Wildman–Crippen MR) is 56.5 cm³/mol. The first-order valence-electron chi connectivity index (χ1n) is 4.04. The van der Waals surface area contributed by atoms with Crippen molar-refractivity contribution in [2.24, 2.45) is 0 Å². The summed E-state index contributed by atoms with van der Waals surface area (Å²) in [5.74, 6) is 0. The van der Waals surface area contributed by atoms with Crippen LogP contribution in [-0.2, 0) is 6.42 Å². The minimum Gasteiger partial charge on any atom is -0.297 e. The third-order valence-electron chi connectivity index (χ3n) is 1.81. The van der Waals surface area contributed by atoms with E-state index in [4.69, 9.17) is 0 Å². The lowest BCUT2D eigenvalue weighted by atomic mass is 10.1. The fourth-order valence-corrected chi connectivity index (χ4v) is 1.36. The van der Waals surface area contributed by atoms with Crippen molar-refractivity contribution in [2.75, 3.05) is 14.1 Å². The molecule has 66 valence electrons. The van der Waals surface area contributed by atoms with Gasteiger partial charge in [-0.15, -0.1) is 0 Å². The highest BCUT2D eigenvalue weighted by molar-refractivity contribution is 9.09. The van der Waals surface area contributed by atoms with E-state index in [0.29, 0.717) is 4.95 Å². The number of rotatable bonds is 3. The maximum atomic E-state index is 3.60. The van der Waals surface area contributed by atoms with Crippen LogP contribution in [0.3, 0.4) is 0 Å². The second-order valence-electron chi connectivity index (χ2n) is 3.09. The van der Waals surface area contributed by atoms with Crippen LogP contribution < -0.4 is 0 Å². The number of hydrogen-bond acceptors (Lipinski definition) is 1. The number of benzene rings is 1. The summed E-state index contributed by atoms with van der Waals surface area (Å²) in [4.78, 5) is 2.59. The van der Waals surface area contributed by atoms with E-state index in [1.165, 1.54) is 5.56 Å². The van der Waals surface area contributed by atoms with Crippen LogP contribution in [0, 0.1) is 0 Å². The number of halogens is 1. The monoisotopic (exact) mass is 227 g/mol. The molecule has 0 radical (unpaired) electrons. The molecule has 0 heterocycles. The summed E-state index contributed by atoms with van der Waals surface area (Å²) in [7, 11) is 4.14. The Hall–Kier alpha value is -0.340. The van der Waals surface area contributed by atoms with Crippen LogP contribution in [0.4, 0.5) is 0 Å². The fourth-order valence-electron chi connectivity index (χ4n) is 0.991. The van der Waals surface area contributed by atoms with Crippen molar-refractivity contribution in [1.29, 1.82) is 0 Å². The summed E-state index contributed by atoms with van der Waals surface area (Å²) in [6.45, 7) is 0. The van der Waals surface area contributed by atoms with Gasteiger partial charge in [-0.3, -0.25) is 4.90 Å². The molecule has 0 aliphatic carbocycles. The quantitative estimate of drug-likeness (QED) is 0.567. The second-order valence-corrected chi connectivity index (χ2v) is 4.14. The fraction of sp³-hybridized carbons (Fsp3) is 0.400. The maximum Gasteiger partial charge on any atom is 0.0691 e. The Morgan fingerprint density at radius 2 is 1.83 bits per heavy atom. The molecule has 0 N–H and O–H groups in total. The third-order valence-corrected chi connectivity index (χ3v) is 2.95. The molecule has 1 nitrogen and oxygen atoms in total. The van der Waals surface area contributed by atoms with Gasteiger partial charge in [-0.2, -0.15) is 0 Å². The number of alkyl halides is 1. The molecule has 0 spiro atoms. The molecule has 0 saturated carbocycles. The van der Waals surface area contributed by atoms with Gasteiger partial charge in [-0.25, -0.2) is 0 Å². The molecule has 1 aromatic rings. The highest BCUT2D eigenvalue weighted by atomic mass is 79.9. The molecule has 0 bridgehead atoms. The molecule has 1 unspecified atom stereocenters. The first kappa shape index (κ1) is 9.75. The molecule has 0 aliphatic heterocycles. The highest BCUT2D eigenvalue weighted by Crippen LogP contribution is 2.10. The molecule has 0 aliphatic rings. The van der Waals surface area contributed by atoms with E-state index in [9.17, 15) is 0 Å². The lowest BCUT2D eigenvalue weighted by molar-refractivity contribution is 0.387.